The molecule has 136 valence electrons. The van der Waals surface area contributed by atoms with E-state index in [1.54, 1.807) is 17.0 Å². The molecule has 1 N–H and O–H groups in total. The maximum atomic E-state index is 12.5. The van der Waals surface area contributed by atoms with Crippen LogP contribution in [-0.2, 0) is 4.79 Å². The normalized spacial score (nSPS) is 16.6. The number of hydrogen-bond acceptors (Lipinski definition) is 4. The summed E-state index contributed by atoms with van der Waals surface area (Å²) < 4.78 is 5.91. The number of rotatable bonds is 4. The molecule has 1 amide bonds. The fourth-order valence-corrected chi connectivity index (χ4v) is 4.30. The number of thioether (sulfide) groups is 1. The van der Waals surface area contributed by atoms with Gasteiger partial charge in [-0.3, -0.25) is 9.69 Å². The summed E-state index contributed by atoms with van der Waals surface area (Å²) in [6.07, 6.45) is 0. The summed E-state index contributed by atoms with van der Waals surface area (Å²) in [5.74, 6) is 1.72. The molecule has 1 aliphatic heterocycles. The standard InChI is InChI=1S/C21H16ClNO3S/c22-15-9-10-19(24)18(12-15)23-20(25)13-27-21(23)14-5-4-8-17(11-14)26-16-6-2-1-3-7-16/h1-12,21,24H,13H2. The predicted molar refractivity (Wildman–Crippen MR) is 109 cm³/mol. The number of carbonyl (C=O) groups excluding carboxylic acids is 1. The Morgan fingerprint density at radius 2 is 1.78 bits per heavy atom. The monoisotopic (exact) mass is 397 g/mol. The number of ether oxygens (including phenoxy) is 1. The summed E-state index contributed by atoms with van der Waals surface area (Å²) in [6.45, 7) is 0. The summed E-state index contributed by atoms with van der Waals surface area (Å²) in [7, 11) is 0. The van der Waals surface area contributed by atoms with Crippen LogP contribution in [-0.4, -0.2) is 16.8 Å². The molecule has 1 heterocycles. The third-order valence-corrected chi connectivity index (χ3v) is 5.63. The molecule has 0 saturated carbocycles. The summed E-state index contributed by atoms with van der Waals surface area (Å²) in [5.41, 5.74) is 1.33. The highest BCUT2D eigenvalue weighted by molar-refractivity contribution is 8.00. The van der Waals surface area contributed by atoms with Crippen molar-refractivity contribution in [2.24, 2.45) is 0 Å². The van der Waals surface area contributed by atoms with Gasteiger partial charge in [-0.25, -0.2) is 0 Å². The van der Waals surface area contributed by atoms with Gasteiger partial charge in [0.1, 0.15) is 22.6 Å². The SMILES string of the molecule is O=C1CSC(c2cccc(Oc3ccccc3)c2)N1c1cc(Cl)ccc1O. The van der Waals surface area contributed by atoms with Crippen molar-refractivity contribution in [3.05, 3.63) is 83.4 Å². The van der Waals surface area contributed by atoms with Gasteiger partial charge in [0.15, 0.2) is 0 Å². The third kappa shape index (κ3) is 3.75. The van der Waals surface area contributed by atoms with Crippen LogP contribution in [0.4, 0.5) is 5.69 Å². The second kappa shape index (κ2) is 7.55. The minimum absolute atomic E-state index is 0.0249. The lowest BCUT2D eigenvalue weighted by molar-refractivity contribution is -0.115. The van der Waals surface area contributed by atoms with E-state index in [9.17, 15) is 9.90 Å². The van der Waals surface area contributed by atoms with Gasteiger partial charge in [0.2, 0.25) is 5.91 Å². The molecule has 6 heteroatoms. The van der Waals surface area contributed by atoms with Crippen LogP contribution in [0.2, 0.25) is 5.02 Å². The van der Waals surface area contributed by atoms with Crippen molar-refractivity contribution in [3.63, 3.8) is 0 Å². The minimum atomic E-state index is -0.263. The quantitative estimate of drug-likeness (QED) is 0.621. The van der Waals surface area contributed by atoms with E-state index in [2.05, 4.69) is 0 Å². The molecule has 0 radical (unpaired) electrons. The molecule has 4 nitrogen and oxygen atoms in total. The first kappa shape index (κ1) is 17.8. The van der Waals surface area contributed by atoms with E-state index in [4.69, 9.17) is 16.3 Å². The third-order valence-electron chi connectivity index (χ3n) is 4.19. The Morgan fingerprint density at radius 1 is 1.00 bits per heavy atom. The number of anilines is 1. The van der Waals surface area contributed by atoms with E-state index < -0.39 is 0 Å². The summed E-state index contributed by atoms with van der Waals surface area (Å²) in [6, 6.07) is 21.9. The Balaban J connectivity index is 1.66. The Morgan fingerprint density at radius 3 is 2.59 bits per heavy atom. The molecule has 0 bridgehead atoms. The fourth-order valence-electron chi connectivity index (χ4n) is 2.98. The zero-order chi connectivity index (χ0) is 18.8. The van der Waals surface area contributed by atoms with Crippen molar-refractivity contribution < 1.29 is 14.6 Å². The van der Waals surface area contributed by atoms with Crippen LogP contribution in [0.3, 0.4) is 0 Å². The largest absolute Gasteiger partial charge is 0.506 e. The smallest absolute Gasteiger partial charge is 0.238 e. The summed E-state index contributed by atoms with van der Waals surface area (Å²) in [4.78, 5) is 14.1. The zero-order valence-electron chi connectivity index (χ0n) is 14.2. The van der Waals surface area contributed by atoms with E-state index in [0.29, 0.717) is 22.2 Å². The summed E-state index contributed by atoms with van der Waals surface area (Å²) in [5, 5.41) is 10.4. The maximum Gasteiger partial charge on any atom is 0.238 e. The molecule has 3 aromatic carbocycles. The van der Waals surface area contributed by atoms with Crippen LogP contribution in [0.25, 0.3) is 0 Å². The number of halogens is 1. The highest BCUT2D eigenvalue weighted by Crippen LogP contribution is 2.45. The van der Waals surface area contributed by atoms with Crippen molar-refractivity contribution in [2.75, 3.05) is 10.7 Å². The molecule has 3 aromatic rings. The van der Waals surface area contributed by atoms with Gasteiger partial charge in [-0.2, -0.15) is 0 Å². The van der Waals surface area contributed by atoms with Crippen molar-refractivity contribution in [1.82, 2.24) is 0 Å². The molecule has 1 unspecified atom stereocenters. The Kier molecular flexibility index (Phi) is 4.97. The van der Waals surface area contributed by atoms with Crippen molar-refractivity contribution in [2.45, 2.75) is 5.37 Å². The van der Waals surface area contributed by atoms with Gasteiger partial charge in [-0.1, -0.05) is 41.9 Å². The van der Waals surface area contributed by atoms with Gasteiger partial charge in [-0.15, -0.1) is 11.8 Å². The first-order valence-corrected chi connectivity index (χ1v) is 9.79. The lowest BCUT2D eigenvalue weighted by Gasteiger charge is -2.25. The number of para-hydroxylation sites is 1. The van der Waals surface area contributed by atoms with Gasteiger partial charge in [0.05, 0.1) is 11.4 Å². The van der Waals surface area contributed by atoms with Crippen LogP contribution in [0, 0.1) is 0 Å². The molecule has 1 atom stereocenters. The number of carbonyl (C=O) groups is 1. The molecular weight excluding hydrogens is 382 g/mol. The number of benzene rings is 3. The van der Waals surface area contributed by atoms with E-state index in [1.165, 1.54) is 17.8 Å². The van der Waals surface area contributed by atoms with Crippen molar-refractivity contribution >= 4 is 35.0 Å². The zero-order valence-corrected chi connectivity index (χ0v) is 15.8. The van der Waals surface area contributed by atoms with Gasteiger partial charge >= 0.3 is 0 Å². The number of phenolic OH excluding ortho intramolecular Hbond substituents is 1. The van der Waals surface area contributed by atoms with E-state index in [0.717, 1.165) is 11.3 Å². The highest BCUT2D eigenvalue weighted by atomic mass is 35.5. The Bertz CT molecular complexity index is 980. The molecule has 1 fully saturated rings. The Labute approximate surface area is 166 Å². The van der Waals surface area contributed by atoms with Gasteiger partial charge < -0.3 is 9.84 Å². The van der Waals surface area contributed by atoms with Gasteiger partial charge in [0, 0.05) is 5.02 Å². The van der Waals surface area contributed by atoms with Gasteiger partial charge in [0.25, 0.3) is 0 Å². The minimum Gasteiger partial charge on any atom is -0.506 e. The first-order chi connectivity index (χ1) is 13.1. The van der Waals surface area contributed by atoms with Crippen LogP contribution in [0.15, 0.2) is 72.8 Å². The number of phenols is 1. The number of amides is 1. The molecular formula is C21H16ClNO3S. The van der Waals surface area contributed by atoms with Crippen molar-refractivity contribution in [1.29, 1.82) is 0 Å². The van der Waals surface area contributed by atoms with Crippen LogP contribution >= 0.6 is 23.4 Å². The van der Waals surface area contributed by atoms with Gasteiger partial charge in [-0.05, 0) is 48.0 Å². The lowest BCUT2D eigenvalue weighted by Crippen LogP contribution is -2.27. The molecule has 0 aromatic heterocycles. The fraction of sp³-hybridized carbons (Fsp3) is 0.0952. The average Bonchev–Trinajstić information content (AvgIpc) is 3.06. The molecule has 0 aliphatic carbocycles. The topological polar surface area (TPSA) is 49.8 Å². The van der Waals surface area contributed by atoms with E-state index in [-0.39, 0.29) is 17.0 Å². The van der Waals surface area contributed by atoms with E-state index >= 15 is 0 Å². The second-order valence-electron chi connectivity index (χ2n) is 6.05. The van der Waals surface area contributed by atoms with Crippen LogP contribution < -0.4 is 9.64 Å². The highest BCUT2D eigenvalue weighted by Gasteiger charge is 2.35. The predicted octanol–water partition coefficient (Wildman–Crippen LogP) is 5.62. The van der Waals surface area contributed by atoms with Crippen molar-refractivity contribution in [3.8, 4) is 17.2 Å². The Hall–Kier alpha value is -2.63. The number of nitrogens with zero attached hydrogens (tertiary/aromatic N) is 1. The number of hydrogen-bond donors (Lipinski definition) is 1. The van der Waals surface area contributed by atoms with Crippen LogP contribution in [0.5, 0.6) is 17.2 Å². The molecule has 27 heavy (non-hydrogen) atoms. The lowest BCUT2D eigenvalue weighted by atomic mass is 10.1. The van der Waals surface area contributed by atoms with Crippen LogP contribution in [0.1, 0.15) is 10.9 Å². The molecule has 1 aliphatic rings. The van der Waals surface area contributed by atoms with E-state index in [1.807, 2.05) is 54.6 Å². The second-order valence-corrected chi connectivity index (χ2v) is 7.55. The molecule has 0 spiro atoms. The average molecular weight is 398 g/mol. The molecule has 1 saturated heterocycles. The molecule has 4 rings (SSSR count). The maximum absolute atomic E-state index is 12.5. The first-order valence-electron chi connectivity index (χ1n) is 8.37. The summed E-state index contributed by atoms with van der Waals surface area (Å²) >= 11 is 7.58. The number of aromatic hydroxyl groups is 1.